The fourth-order valence-electron chi connectivity index (χ4n) is 4.47. The van der Waals surface area contributed by atoms with Gasteiger partial charge in [-0.1, -0.05) is 41.9 Å². The van der Waals surface area contributed by atoms with Gasteiger partial charge in [0.05, 0.1) is 5.52 Å². The molecule has 1 atom stereocenters. The molecule has 0 N–H and O–H groups in total. The molecule has 5 rings (SSSR count). The number of carbonyl (C=O) groups is 1. The highest BCUT2D eigenvalue weighted by Crippen LogP contribution is 2.28. The maximum atomic E-state index is 12.4. The van der Waals surface area contributed by atoms with E-state index in [4.69, 9.17) is 21.3 Å². The Morgan fingerprint density at radius 1 is 1.15 bits per heavy atom. The van der Waals surface area contributed by atoms with E-state index in [-0.39, 0.29) is 18.6 Å². The minimum atomic E-state index is 0.00196. The summed E-state index contributed by atoms with van der Waals surface area (Å²) in [5, 5.41) is 10.6. The van der Waals surface area contributed by atoms with Crippen LogP contribution in [-0.4, -0.2) is 69.8 Å². The molecular formula is C24H25ClN6O2. The van der Waals surface area contributed by atoms with E-state index >= 15 is 0 Å². The lowest BCUT2D eigenvalue weighted by Gasteiger charge is -2.40. The molecule has 0 radical (unpaired) electrons. The maximum Gasteiger partial charge on any atom is 0.248 e. The first kappa shape index (κ1) is 21.6. The van der Waals surface area contributed by atoms with Crippen LogP contribution in [0.2, 0.25) is 5.02 Å². The first-order valence-corrected chi connectivity index (χ1v) is 11.3. The van der Waals surface area contributed by atoms with Crippen LogP contribution in [0.5, 0.6) is 0 Å². The molecule has 1 amide bonds. The molecule has 1 aliphatic rings. The summed E-state index contributed by atoms with van der Waals surface area (Å²) in [5.74, 6) is 1.59. The second-order valence-electron chi connectivity index (χ2n) is 8.33. The number of aromatic nitrogens is 4. The topological polar surface area (TPSA) is 75.9 Å². The largest absolute Gasteiger partial charge is 0.375 e. The Kier molecular flexibility index (Phi) is 5.86. The van der Waals surface area contributed by atoms with Crippen molar-refractivity contribution in [3.8, 4) is 0 Å². The monoisotopic (exact) mass is 464 g/mol. The number of amides is 1. The summed E-state index contributed by atoms with van der Waals surface area (Å²) < 4.78 is 7.09. The van der Waals surface area contributed by atoms with Crippen LogP contribution in [0.15, 0.2) is 48.5 Å². The number of fused-ring (bicyclic) bond motifs is 3. The van der Waals surface area contributed by atoms with Crippen molar-refractivity contribution in [2.24, 2.45) is 0 Å². The Labute approximate surface area is 196 Å². The SMILES string of the molecule is COCC(=O)N1CCN(c2nc3cc(Cl)ccc3c3nnc(Cc4ccccc4)n23)CC1C. The zero-order valence-electron chi connectivity index (χ0n) is 18.6. The normalized spacial score (nSPS) is 16.6. The van der Waals surface area contributed by atoms with Gasteiger partial charge in [0.2, 0.25) is 11.9 Å². The van der Waals surface area contributed by atoms with E-state index in [2.05, 4.69) is 27.2 Å². The van der Waals surface area contributed by atoms with Crippen molar-refractivity contribution in [2.75, 3.05) is 38.3 Å². The van der Waals surface area contributed by atoms with Crippen LogP contribution in [0, 0.1) is 0 Å². The summed E-state index contributed by atoms with van der Waals surface area (Å²) in [5.41, 5.74) is 2.68. The standard InChI is InChI=1S/C24H25ClN6O2/c1-16-14-29(10-11-30(16)22(32)15-33-2)24-26-20-13-18(25)8-9-19(20)23-28-27-21(31(23)24)12-17-6-4-3-5-7-17/h3-9,13,16H,10-12,14-15H2,1-2H3. The molecule has 3 heterocycles. The second-order valence-corrected chi connectivity index (χ2v) is 8.76. The number of methoxy groups -OCH3 is 1. The number of benzene rings is 2. The predicted molar refractivity (Wildman–Crippen MR) is 128 cm³/mol. The first-order chi connectivity index (χ1) is 16.0. The molecule has 1 saturated heterocycles. The van der Waals surface area contributed by atoms with Crippen LogP contribution < -0.4 is 4.90 Å². The lowest BCUT2D eigenvalue weighted by Crippen LogP contribution is -2.55. The molecule has 0 aliphatic carbocycles. The number of carbonyl (C=O) groups excluding carboxylic acids is 1. The van der Waals surface area contributed by atoms with Crippen molar-refractivity contribution in [1.82, 2.24) is 24.5 Å². The van der Waals surface area contributed by atoms with Crippen LogP contribution in [-0.2, 0) is 16.0 Å². The van der Waals surface area contributed by atoms with Gasteiger partial charge in [0, 0.05) is 49.6 Å². The van der Waals surface area contributed by atoms with Crippen LogP contribution in [0.25, 0.3) is 16.6 Å². The first-order valence-electron chi connectivity index (χ1n) is 11.0. The molecule has 0 spiro atoms. The number of nitrogens with zero attached hydrogens (tertiary/aromatic N) is 6. The molecule has 2 aromatic carbocycles. The molecule has 0 saturated carbocycles. The van der Waals surface area contributed by atoms with Crippen LogP contribution in [0.1, 0.15) is 18.3 Å². The number of anilines is 1. The zero-order valence-corrected chi connectivity index (χ0v) is 19.4. The van der Waals surface area contributed by atoms with Gasteiger partial charge in [0.1, 0.15) is 12.4 Å². The summed E-state index contributed by atoms with van der Waals surface area (Å²) in [6, 6.07) is 15.9. The van der Waals surface area contributed by atoms with Crippen molar-refractivity contribution in [2.45, 2.75) is 19.4 Å². The minimum Gasteiger partial charge on any atom is -0.375 e. The molecule has 2 aromatic heterocycles. The van der Waals surface area contributed by atoms with E-state index in [0.717, 1.165) is 33.9 Å². The number of hydrogen-bond donors (Lipinski definition) is 0. The highest BCUT2D eigenvalue weighted by Gasteiger charge is 2.30. The minimum absolute atomic E-state index is 0.00196. The van der Waals surface area contributed by atoms with Gasteiger partial charge in [0.25, 0.3) is 0 Å². The Morgan fingerprint density at radius 2 is 1.97 bits per heavy atom. The van der Waals surface area contributed by atoms with E-state index in [0.29, 0.717) is 31.1 Å². The third-order valence-electron chi connectivity index (χ3n) is 6.05. The quantitative estimate of drug-likeness (QED) is 0.451. The van der Waals surface area contributed by atoms with E-state index in [9.17, 15) is 4.79 Å². The lowest BCUT2D eigenvalue weighted by molar-refractivity contribution is -0.137. The molecule has 1 fully saturated rings. The smallest absolute Gasteiger partial charge is 0.248 e. The fraction of sp³-hybridized carbons (Fsp3) is 0.333. The number of piperazine rings is 1. The highest BCUT2D eigenvalue weighted by atomic mass is 35.5. The number of halogens is 1. The fourth-order valence-corrected chi connectivity index (χ4v) is 4.63. The van der Waals surface area contributed by atoms with Gasteiger partial charge in [-0.15, -0.1) is 10.2 Å². The van der Waals surface area contributed by atoms with Crippen molar-refractivity contribution in [3.05, 3.63) is 64.9 Å². The molecule has 170 valence electrons. The Bertz CT molecular complexity index is 1310. The zero-order chi connectivity index (χ0) is 22.9. The number of rotatable bonds is 5. The molecule has 9 heteroatoms. The highest BCUT2D eigenvalue weighted by molar-refractivity contribution is 6.31. The molecule has 1 unspecified atom stereocenters. The number of hydrogen-bond acceptors (Lipinski definition) is 6. The summed E-state index contributed by atoms with van der Waals surface area (Å²) in [7, 11) is 1.54. The van der Waals surface area contributed by atoms with E-state index in [1.54, 1.807) is 7.11 Å². The van der Waals surface area contributed by atoms with E-state index in [1.165, 1.54) is 0 Å². The average molecular weight is 465 g/mol. The van der Waals surface area contributed by atoms with Gasteiger partial charge in [-0.25, -0.2) is 9.38 Å². The predicted octanol–water partition coefficient (Wildman–Crippen LogP) is 3.21. The Morgan fingerprint density at radius 3 is 2.73 bits per heavy atom. The lowest BCUT2D eigenvalue weighted by atomic mass is 10.1. The van der Waals surface area contributed by atoms with Crippen molar-refractivity contribution in [1.29, 1.82) is 0 Å². The summed E-state index contributed by atoms with van der Waals surface area (Å²) in [4.78, 5) is 21.5. The van der Waals surface area contributed by atoms with E-state index in [1.807, 2.05) is 52.6 Å². The third-order valence-corrected chi connectivity index (χ3v) is 6.29. The van der Waals surface area contributed by atoms with Crippen molar-refractivity contribution < 1.29 is 9.53 Å². The summed E-state index contributed by atoms with van der Waals surface area (Å²) in [6.45, 7) is 4.03. The van der Waals surface area contributed by atoms with Gasteiger partial charge < -0.3 is 14.5 Å². The van der Waals surface area contributed by atoms with Gasteiger partial charge >= 0.3 is 0 Å². The van der Waals surface area contributed by atoms with Crippen LogP contribution >= 0.6 is 11.6 Å². The molecule has 4 aromatic rings. The third kappa shape index (κ3) is 4.12. The molecule has 8 nitrogen and oxygen atoms in total. The summed E-state index contributed by atoms with van der Waals surface area (Å²) >= 11 is 6.27. The molecule has 0 bridgehead atoms. The van der Waals surface area contributed by atoms with Crippen LogP contribution in [0.4, 0.5) is 5.95 Å². The Balaban J connectivity index is 1.59. The molecule has 33 heavy (non-hydrogen) atoms. The number of ether oxygens (including phenoxy) is 1. The van der Waals surface area contributed by atoms with Gasteiger partial charge in [-0.05, 0) is 30.7 Å². The van der Waals surface area contributed by atoms with Crippen molar-refractivity contribution in [3.63, 3.8) is 0 Å². The summed E-state index contributed by atoms with van der Waals surface area (Å²) in [6.07, 6.45) is 0.637. The maximum absolute atomic E-state index is 12.4. The van der Waals surface area contributed by atoms with E-state index < -0.39 is 0 Å². The van der Waals surface area contributed by atoms with Crippen molar-refractivity contribution >= 4 is 40.0 Å². The van der Waals surface area contributed by atoms with Gasteiger partial charge in [0.15, 0.2) is 5.65 Å². The van der Waals surface area contributed by atoms with Crippen LogP contribution in [0.3, 0.4) is 0 Å². The molecular weight excluding hydrogens is 440 g/mol. The second kappa shape index (κ2) is 8.96. The average Bonchev–Trinajstić information content (AvgIpc) is 3.22. The van der Waals surface area contributed by atoms with Gasteiger partial charge in [-0.3, -0.25) is 4.79 Å². The van der Waals surface area contributed by atoms with Gasteiger partial charge in [-0.2, -0.15) is 0 Å². The Hall–Kier alpha value is -3.23. The molecule has 1 aliphatic heterocycles.